The quantitative estimate of drug-likeness (QED) is 0.619. The Morgan fingerprint density at radius 1 is 0.808 bits per heavy atom. The molecule has 0 amide bonds. The molecule has 0 aliphatic heterocycles. The maximum absolute atomic E-state index is 13.2. The van der Waals surface area contributed by atoms with Crippen LogP contribution in [0.1, 0.15) is 15.9 Å². The van der Waals surface area contributed by atoms with Crippen LogP contribution in [0.4, 0.5) is 5.69 Å². The van der Waals surface area contributed by atoms with E-state index in [2.05, 4.69) is 0 Å². The number of aryl methyl sites for hydroxylation is 1. The van der Waals surface area contributed by atoms with Gasteiger partial charge in [0.25, 0.3) is 10.0 Å². The van der Waals surface area contributed by atoms with E-state index in [-0.39, 0.29) is 17.2 Å². The first-order valence-electron chi connectivity index (χ1n) is 8.21. The molecule has 3 aromatic carbocycles. The minimum Gasteiger partial charge on any atom is -0.292 e. The number of sulfonamides is 1. The maximum Gasteiger partial charge on any atom is 0.264 e. The molecule has 0 heterocycles. The highest BCUT2D eigenvalue weighted by molar-refractivity contribution is 7.92. The Hall–Kier alpha value is -2.92. The molecule has 0 aromatic heterocycles. The monoisotopic (exact) mass is 365 g/mol. The molecule has 0 saturated heterocycles. The van der Waals surface area contributed by atoms with Gasteiger partial charge in [0.05, 0.1) is 17.1 Å². The number of carbonyl (C=O) groups excluding carboxylic acids is 1. The Kier molecular flexibility index (Phi) is 5.19. The van der Waals surface area contributed by atoms with Crippen LogP contribution in [0, 0.1) is 6.92 Å². The lowest BCUT2D eigenvalue weighted by atomic mass is 10.1. The summed E-state index contributed by atoms with van der Waals surface area (Å²) in [5, 5.41) is 0. The van der Waals surface area contributed by atoms with E-state index in [1.807, 2.05) is 13.0 Å². The Balaban J connectivity index is 2.01. The fraction of sp³-hybridized carbons (Fsp3) is 0.0952. The van der Waals surface area contributed by atoms with E-state index >= 15 is 0 Å². The molecule has 0 fully saturated rings. The van der Waals surface area contributed by atoms with Crippen molar-refractivity contribution < 1.29 is 13.2 Å². The molecule has 0 aliphatic rings. The van der Waals surface area contributed by atoms with Crippen LogP contribution < -0.4 is 4.31 Å². The lowest BCUT2D eigenvalue weighted by Crippen LogP contribution is -2.35. The summed E-state index contributed by atoms with van der Waals surface area (Å²) < 4.78 is 27.5. The van der Waals surface area contributed by atoms with Crippen molar-refractivity contribution in [1.29, 1.82) is 0 Å². The number of nitrogens with zero attached hydrogens (tertiary/aromatic N) is 1. The van der Waals surface area contributed by atoms with Crippen LogP contribution in [0.25, 0.3) is 0 Å². The normalized spacial score (nSPS) is 11.1. The molecule has 0 atom stereocenters. The number of Topliss-reactive ketones (excluding diaryl/α,β-unsaturated/α-hetero) is 1. The molecule has 0 N–H and O–H groups in total. The van der Waals surface area contributed by atoms with Crippen LogP contribution >= 0.6 is 0 Å². The van der Waals surface area contributed by atoms with Crippen molar-refractivity contribution in [3.05, 3.63) is 96.1 Å². The van der Waals surface area contributed by atoms with Crippen molar-refractivity contribution in [3.63, 3.8) is 0 Å². The Morgan fingerprint density at radius 2 is 1.35 bits per heavy atom. The second kappa shape index (κ2) is 7.54. The van der Waals surface area contributed by atoms with E-state index in [9.17, 15) is 13.2 Å². The predicted octanol–water partition coefficient (Wildman–Crippen LogP) is 4.07. The zero-order chi connectivity index (χ0) is 18.6. The van der Waals surface area contributed by atoms with Gasteiger partial charge in [-0.25, -0.2) is 8.42 Å². The van der Waals surface area contributed by atoms with Gasteiger partial charge in [-0.3, -0.25) is 9.10 Å². The smallest absolute Gasteiger partial charge is 0.264 e. The van der Waals surface area contributed by atoms with Crippen molar-refractivity contribution in [3.8, 4) is 0 Å². The Morgan fingerprint density at radius 3 is 1.92 bits per heavy atom. The van der Waals surface area contributed by atoms with Gasteiger partial charge in [0, 0.05) is 5.56 Å². The Labute approximate surface area is 153 Å². The van der Waals surface area contributed by atoms with E-state index in [0.717, 1.165) is 9.87 Å². The summed E-state index contributed by atoms with van der Waals surface area (Å²) in [6.45, 7) is 1.63. The van der Waals surface area contributed by atoms with E-state index in [1.54, 1.807) is 78.9 Å². The average molecular weight is 365 g/mol. The third-order valence-corrected chi connectivity index (χ3v) is 5.82. The molecule has 26 heavy (non-hydrogen) atoms. The zero-order valence-electron chi connectivity index (χ0n) is 14.4. The lowest BCUT2D eigenvalue weighted by Gasteiger charge is -2.24. The molecule has 4 nitrogen and oxygen atoms in total. The molecule has 0 bridgehead atoms. The van der Waals surface area contributed by atoms with E-state index in [0.29, 0.717) is 11.3 Å². The number of carbonyl (C=O) groups is 1. The first kappa shape index (κ1) is 17.9. The van der Waals surface area contributed by atoms with Crippen molar-refractivity contribution in [2.75, 3.05) is 10.8 Å². The van der Waals surface area contributed by atoms with Gasteiger partial charge in [0.2, 0.25) is 0 Å². The van der Waals surface area contributed by atoms with Crippen LogP contribution in [-0.4, -0.2) is 20.7 Å². The fourth-order valence-electron chi connectivity index (χ4n) is 2.59. The minimum atomic E-state index is -3.86. The first-order chi connectivity index (χ1) is 12.5. The molecule has 3 aromatic rings. The minimum absolute atomic E-state index is 0.160. The Bertz CT molecular complexity index is 982. The van der Waals surface area contributed by atoms with E-state index in [1.165, 1.54) is 0 Å². The van der Waals surface area contributed by atoms with E-state index in [4.69, 9.17) is 0 Å². The van der Waals surface area contributed by atoms with Crippen molar-refractivity contribution in [2.24, 2.45) is 0 Å². The summed E-state index contributed by atoms with van der Waals surface area (Å²) in [6, 6.07) is 24.0. The summed E-state index contributed by atoms with van der Waals surface area (Å²) in [5.41, 5.74) is 1.90. The predicted molar refractivity (Wildman–Crippen MR) is 103 cm³/mol. The summed E-state index contributed by atoms with van der Waals surface area (Å²) in [5.74, 6) is -0.259. The van der Waals surface area contributed by atoms with Crippen LogP contribution in [0.3, 0.4) is 0 Å². The fourth-order valence-corrected chi connectivity index (χ4v) is 4.01. The van der Waals surface area contributed by atoms with Gasteiger partial charge in [-0.1, -0.05) is 66.2 Å². The topological polar surface area (TPSA) is 54.5 Å². The number of anilines is 1. The highest BCUT2D eigenvalue weighted by atomic mass is 32.2. The molecule has 0 unspecified atom stereocenters. The highest BCUT2D eigenvalue weighted by Gasteiger charge is 2.27. The summed E-state index contributed by atoms with van der Waals surface area (Å²) in [7, 11) is -3.86. The molecular formula is C21H19NO3S. The zero-order valence-corrected chi connectivity index (χ0v) is 15.2. The number of rotatable bonds is 6. The summed E-state index contributed by atoms with van der Waals surface area (Å²) >= 11 is 0. The number of benzene rings is 3. The van der Waals surface area contributed by atoms with E-state index < -0.39 is 10.0 Å². The molecular weight excluding hydrogens is 346 g/mol. The summed E-state index contributed by atoms with van der Waals surface area (Å²) in [6.07, 6.45) is 0. The largest absolute Gasteiger partial charge is 0.292 e. The standard InChI is InChI=1S/C21H19NO3S/c1-17-12-14-20(15-13-17)26(24,25)22(19-10-6-3-7-11-19)16-21(23)18-8-4-2-5-9-18/h2-15H,16H2,1H3. The molecule has 0 aliphatic carbocycles. The van der Waals surface area contributed by atoms with Crippen LogP contribution in [0.2, 0.25) is 0 Å². The molecule has 0 saturated carbocycles. The molecule has 5 heteroatoms. The third-order valence-electron chi connectivity index (χ3n) is 4.04. The highest BCUT2D eigenvalue weighted by Crippen LogP contribution is 2.24. The van der Waals surface area contributed by atoms with Crippen LogP contribution in [0.15, 0.2) is 89.8 Å². The third kappa shape index (κ3) is 3.83. The van der Waals surface area contributed by atoms with Gasteiger partial charge in [0.15, 0.2) is 5.78 Å². The maximum atomic E-state index is 13.2. The van der Waals surface area contributed by atoms with Gasteiger partial charge < -0.3 is 0 Å². The van der Waals surface area contributed by atoms with Crippen molar-refractivity contribution >= 4 is 21.5 Å². The van der Waals surface area contributed by atoms with Crippen molar-refractivity contribution in [1.82, 2.24) is 0 Å². The summed E-state index contributed by atoms with van der Waals surface area (Å²) in [4.78, 5) is 12.8. The van der Waals surface area contributed by atoms with Crippen LogP contribution in [-0.2, 0) is 10.0 Å². The van der Waals surface area contributed by atoms with Gasteiger partial charge >= 0.3 is 0 Å². The second-order valence-corrected chi connectivity index (χ2v) is 7.81. The molecule has 0 radical (unpaired) electrons. The average Bonchev–Trinajstić information content (AvgIpc) is 2.67. The molecule has 132 valence electrons. The van der Waals surface area contributed by atoms with Gasteiger partial charge in [0.1, 0.15) is 0 Å². The molecule has 0 spiro atoms. The number of hydrogen-bond donors (Lipinski definition) is 0. The molecule has 3 rings (SSSR count). The number of hydrogen-bond acceptors (Lipinski definition) is 3. The van der Waals surface area contributed by atoms with Crippen LogP contribution in [0.5, 0.6) is 0 Å². The second-order valence-electron chi connectivity index (χ2n) is 5.95. The van der Waals surface area contributed by atoms with Gasteiger partial charge in [-0.2, -0.15) is 0 Å². The number of para-hydroxylation sites is 1. The van der Waals surface area contributed by atoms with Gasteiger partial charge in [-0.05, 0) is 31.2 Å². The SMILES string of the molecule is Cc1ccc(S(=O)(=O)N(CC(=O)c2ccccc2)c2ccccc2)cc1. The lowest BCUT2D eigenvalue weighted by molar-refractivity contribution is 0.100. The number of ketones is 1. The van der Waals surface area contributed by atoms with Gasteiger partial charge in [-0.15, -0.1) is 0 Å². The first-order valence-corrected chi connectivity index (χ1v) is 9.65. The van der Waals surface area contributed by atoms with Crippen molar-refractivity contribution in [2.45, 2.75) is 11.8 Å².